The molecule has 6 nitrogen and oxygen atoms in total. The van der Waals surface area contributed by atoms with E-state index >= 15 is 0 Å². The van der Waals surface area contributed by atoms with Crippen molar-refractivity contribution >= 4 is 21.7 Å². The fourth-order valence-electron chi connectivity index (χ4n) is 3.00. The highest BCUT2D eigenvalue weighted by molar-refractivity contribution is 7.91. The van der Waals surface area contributed by atoms with Crippen LogP contribution in [0.15, 0.2) is 24.3 Å². The summed E-state index contributed by atoms with van der Waals surface area (Å²) in [5, 5.41) is 0. The molecule has 1 saturated heterocycles. The van der Waals surface area contributed by atoms with Crippen molar-refractivity contribution in [1.82, 2.24) is 9.97 Å². The summed E-state index contributed by atoms with van der Waals surface area (Å²) in [7, 11) is -3.52. The highest BCUT2D eigenvalue weighted by Crippen LogP contribution is 2.24. The summed E-state index contributed by atoms with van der Waals surface area (Å²) in [5.74, 6) is 0.619. The number of hydrogen-bond acceptors (Lipinski definition) is 5. The lowest BCUT2D eigenvalue weighted by Gasteiger charge is -2.19. The SMILES string of the molecule is Cc1ccc(CS(=O)(=O)Nc2c(C)nc(N3CCCC3)nc2C)cc1. The van der Waals surface area contributed by atoms with Crippen molar-refractivity contribution in [2.45, 2.75) is 39.4 Å². The molecule has 1 aromatic carbocycles. The van der Waals surface area contributed by atoms with Gasteiger partial charge >= 0.3 is 0 Å². The van der Waals surface area contributed by atoms with Crippen LogP contribution >= 0.6 is 0 Å². The van der Waals surface area contributed by atoms with Gasteiger partial charge in [0.15, 0.2) is 0 Å². The molecule has 0 saturated carbocycles. The first-order valence-corrected chi connectivity index (χ1v) is 10.2. The van der Waals surface area contributed by atoms with E-state index in [1.807, 2.05) is 45.0 Å². The highest BCUT2D eigenvalue weighted by atomic mass is 32.2. The first-order valence-electron chi connectivity index (χ1n) is 8.50. The molecule has 0 bridgehead atoms. The number of aryl methyl sites for hydroxylation is 3. The average Bonchev–Trinajstić information content (AvgIpc) is 3.07. The maximum Gasteiger partial charge on any atom is 0.237 e. The van der Waals surface area contributed by atoms with Crippen LogP contribution < -0.4 is 9.62 Å². The predicted octanol–water partition coefficient (Wildman–Crippen LogP) is 2.94. The minimum Gasteiger partial charge on any atom is -0.341 e. The van der Waals surface area contributed by atoms with E-state index in [0.717, 1.165) is 37.1 Å². The van der Waals surface area contributed by atoms with Gasteiger partial charge in [-0.05, 0) is 39.2 Å². The van der Waals surface area contributed by atoms with Crippen molar-refractivity contribution in [2.24, 2.45) is 0 Å². The van der Waals surface area contributed by atoms with Crippen LogP contribution in [0.2, 0.25) is 0 Å². The van der Waals surface area contributed by atoms with Crippen LogP contribution in [0.5, 0.6) is 0 Å². The van der Waals surface area contributed by atoms with Crippen LogP contribution in [0.25, 0.3) is 0 Å². The summed E-state index contributed by atoms with van der Waals surface area (Å²) >= 11 is 0. The molecule has 0 atom stereocenters. The molecule has 0 spiro atoms. The quantitative estimate of drug-likeness (QED) is 0.887. The lowest BCUT2D eigenvalue weighted by Crippen LogP contribution is -2.23. The normalized spacial score (nSPS) is 14.8. The Morgan fingerprint density at radius 1 is 1.00 bits per heavy atom. The lowest BCUT2D eigenvalue weighted by molar-refractivity contribution is 0.600. The zero-order valence-corrected chi connectivity index (χ0v) is 15.7. The molecule has 0 unspecified atom stereocenters. The van der Waals surface area contributed by atoms with E-state index < -0.39 is 10.0 Å². The summed E-state index contributed by atoms with van der Waals surface area (Å²) < 4.78 is 27.7. The first kappa shape index (κ1) is 17.7. The molecule has 1 aliphatic rings. The smallest absolute Gasteiger partial charge is 0.237 e. The standard InChI is InChI=1S/C18H24N4O2S/c1-13-6-8-16(9-7-13)12-25(23,24)21-17-14(2)19-18(20-15(17)3)22-10-4-5-11-22/h6-9,21H,4-5,10-12H2,1-3H3. The van der Waals surface area contributed by atoms with Gasteiger partial charge in [-0.1, -0.05) is 29.8 Å². The number of rotatable bonds is 5. The third-order valence-corrected chi connectivity index (χ3v) is 5.61. The number of nitrogens with one attached hydrogen (secondary N) is 1. The lowest BCUT2D eigenvalue weighted by atomic mass is 10.2. The molecule has 134 valence electrons. The zero-order valence-electron chi connectivity index (χ0n) is 14.9. The zero-order chi connectivity index (χ0) is 18.0. The number of benzene rings is 1. The van der Waals surface area contributed by atoms with Crippen molar-refractivity contribution < 1.29 is 8.42 Å². The second kappa shape index (κ2) is 7.00. The number of hydrogen-bond donors (Lipinski definition) is 1. The van der Waals surface area contributed by atoms with Gasteiger partial charge in [0.05, 0.1) is 22.8 Å². The fraction of sp³-hybridized carbons (Fsp3) is 0.444. The van der Waals surface area contributed by atoms with Gasteiger partial charge in [0, 0.05) is 13.1 Å². The Balaban J connectivity index is 1.80. The largest absolute Gasteiger partial charge is 0.341 e. The van der Waals surface area contributed by atoms with Gasteiger partial charge in [-0.3, -0.25) is 4.72 Å². The van der Waals surface area contributed by atoms with Crippen LogP contribution in [-0.2, 0) is 15.8 Å². The van der Waals surface area contributed by atoms with Crippen molar-refractivity contribution in [3.63, 3.8) is 0 Å². The van der Waals surface area contributed by atoms with Gasteiger partial charge in [0.25, 0.3) is 0 Å². The third-order valence-electron chi connectivity index (χ3n) is 4.38. The van der Waals surface area contributed by atoms with E-state index in [1.54, 1.807) is 0 Å². The van der Waals surface area contributed by atoms with Crippen molar-refractivity contribution in [2.75, 3.05) is 22.7 Å². The van der Waals surface area contributed by atoms with Gasteiger partial charge in [-0.25, -0.2) is 18.4 Å². The Morgan fingerprint density at radius 3 is 2.12 bits per heavy atom. The molecule has 2 heterocycles. The fourth-order valence-corrected chi connectivity index (χ4v) is 4.31. The van der Waals surface area contributed by atoms with Crippen molar-refractivity contribution in [3.05, 3.63) is 46.8 Å². The summed E-state index contributed by atoms with van der Waals surface area (Å²) in [6, 6.07) is 7.49. The molecule has 3 rings (SSSR count). The minimum atomic E-state index is -3.52. The summed E-state index contributed by atoms with van der Waals surface area (Å²) in [6.45, 7) is 7.52. The number of aromatic nitrogens is 2. The van der Waals surface area contributed by atoms with Crippen LogP contribution in [0, 0.1) is 20.8 Å². The monoisotopic (exact) mass is 360 g/mol. The van der Waals surface area contributed by atoms with Crippen LogP contribution in [0.4, 0.5) is 11.6 Å². The minimum absolute atomic E-state index is 0.0694. The van der Waals surface area contributed by atoms with Gasteiger partial charge in [-0.15, -0.1) is 0 Å². The predicted molar refractivity (Wildman–Crippen MR) is 100 cm³/mol. The Labute approximate surface area is 149 Å². The molecule has 0 amide bonds. The Hall–Kier alpha value is -2.15. The second-order valence-corrected chi connectivity index (χ2v) is 8.33. The number of sulfonamides is 1. The number of anilines is 2. The average molecular weight is 360 g/mol. The van der Waals surface area contributed by atoms with Gasteiger partial charge in [0.1, 0.15) is 0 Å². The van der Waals surface area contributed by atoms with E-state index in [2.05, 4.69) is 19.6 Å². The van der Waals surface area contributed by atoms with E-state index in [9.17, 15) is 8.42 Å². The van der Waals surface area contributed by atoms with Crippen LogP contribution in [-0.4, -0.2) is 31.5 Å². The molecule has 7 heteroatoms. The van der Waals surface area contributed by atoms with Gasteiger partial charge in [-0.2, -0.15) is 0 Å². The molecule has 25 heavy (non-hydrogen) atoms. The number of nitrogens with zero attached hydrogens (tertiary/aromatic N) is 3. The maximum atomic E-state index is 12.5. The Kier molecular flexibility index (Phi) is 4.94. The highest BCUT2D eigenvalue weighted by Gasteiger charge is 2.20. The molecule has 1 N–H and O–H groups in total. The van der Waals surface area contributed by atoms with E-state index in [0.29, 0.717) is 23.0 Å². The molecular weight excluding hydrogens is 336 g/mol. The molecule has 0 radical (unpaired) electrons. The molecular formula is C18H24N4O2S. The van der Waals surface area contributed by atoms with Crippen molar-refractivity contribution in [1.29, 1.82) is 0 Å². The van der Waals surface area contributed by atoms with Crippen LogP contribution in [0.3, 0.4) is 0 Å². The first-order chi connectivity index (χ1) is 11.8. The molecule has 2 aromatic rings. The summed E-state index contributed by atoms with van der Waals surface area (Å²) in [6.07, 6.45) is 2.29. The van der Waals surface area contributed by atoms with E-state index in [4.69, 9.17) is 0 Å². The Bertz CT molecular complexity index is 834. The van der Waals surface area contributed by atoms with Gasteiger partial charge in [0.2, 0.25) is 16.0 Å². The molecule has 1 aliphatic heterocycles. The van der Waals surface area contributed by atoms with Gasteiger partial charge < -0.3 is 4.90 Å². The topological polar surface area (TPSA) is 75.2 Å². The van der Waals surface area contributed by atoms with Crippen LogP contribution in [0.1, 0.15) is 35.4 Å². The summed E-state index contributed by atoms with van der Waals surface area (Å²) in [4.78, 5) is 11.2. The maximum absolute atomic E-state index is 12.5. The second-order valence-electron chi connectivity index (χ2n) is 6.61. The van der Waals surface area contributed by atoms with E-state index in [1.165, 1.54) is 0 Å². The third kappa shape index (κ3) is 4.28. The summed E-state index contributed by atoms with van der Waals surface area (Å²) in [5.41, 5.74) is 3.65. The molecule has 1 aromatic heterocycles. The Morgan fingerprint density at radius 2 is 1.56 bits per heavy atom. The molecule has 1 fully saturated rings. The molecule has 0 aliphatic carbocycles. The van der Waals surface area contributed by atoms with E-state index in [-0.39, 0.29) is 5.75 Å². The van der Waals surface area contributed by atoms with Crippen molar-refractivity contribution in [3.8, 4) is 0 Å².